The fourth-order valence-electron chi connectivity index (χ4n) is 2.03. The maximum atomic E-state index is 12.3. The third-order valence-corrected chi connectivity index (χ3v) is 3.19. The van der Waals surface area contributed by atoms with Crippen LogP contribution in [0.2, 0.25) is 0 Å². The molecule has 1 aromatic heterocycles. The molecule has 1 rings (SSSR count). The molecular formula is C15H21NO4. The lowest BCUT2D eigenvalue weighted by molar-refractivity contribution is -0.172. The molecule has 0 aromatic carbocycles. The van der Waals surface area contributed by atoms with E-state index in [4.69, 9.17) is 9.47 Å². The van der Waals surface area contributed by atoms with E-state index in [1.54, 1.807) is 45.3 Å². The van der Waals surface area contributed by atoms with Crippen molar-refractivity contribution in [3.05, 3.63) is 30.1 Å². The van der Waals surface area contributed by atoms with Crippen molar-refractivity contribution < 1.29 is 19.1 Å². The van der Waals surface area contributed by atoms with Crippen molar-refractivity contribution in [2.45, 2.75) is 33.6 Å². The lowest BCUT2D eigenvalue weighted by Crippen LogP contribution is -2.43. The molecule has 1 aromatic rings. The standard InChI is InChI=1S/C15H21NO4/c1-4-15(13(17)19-5-2,14(18)20-6-3)11-12-7-9-16-10-8-12/h7-10H,4-6,11H2,1-3H3. The predicted octanol–water partition coefficient (Wildman–Crippen LogP) is 2.15. The quantitative estimate of drug-likeness (QED) is 0.565. The third kappa shape index (κ3) is 3.56. The fraction of sp³-hybridized carbons (Fsp3) is 0.533. The molecule has 0 unspecified atom stereocenters. The van der Waals surface area contributed by atoms with E-state index in [-0.39, 0.29) is 19.6 Å². The molecule has 20 heavy (non-hydrogen) atoms. The highest BCUT2D eigenvalue weighted by atomic mass is 16.6. The molecule has 1 heterocycles. The van der Waals surface area contributed by atoms with Gasteiger partial charge in [0.1, 0.15) is 0 Å². The Kier molecular flexibility index (Phi) is 6.15. The lowest BCUT2D eigenvalue weighted by atomic mass is 9.79. The summed E-state index contributed by atoms with van der Waals surface area (Å²) < 4.78 is 10.2. The van der Waals surface area contributed by atoms with Crippen LogP contribution in [-0.2, 0) is 25.5 Å². The van der Waals surface area contributed by atoms with Crippen molar-refractivity contribution in [3.8, 4) is 0 Å². The Labute approximate surface area is 119 Å². The molecule has 110 valence electrons. The zero-order valence-electron chi connectivity index (χ0n) is 12.2. The van der Waals surface area contributed by atoms with Crippen LogP contribution in [0.4, 0.5) is 0 Å². The van der Waals surface area contributed by atoms with Crippen molar-refractivity contribution in [1.29, 1.82) is 0 Å². The average molecular weight is 279 g/mol. The number of hydrogen-bond acceptors (Lipinski definition) is 5. The van der Waals surface area contributed by atoms with Crippen molar-refractivity contribution >= 4 is 11.9 Å². The molecule has 0 N–H and O–H groups in total. The number of esters is 2. The summed E-state index contributed by atoms with van der Waals surface area (Å²) in [6.45, 7) is 5.69. The van der Waals surface area contributed by atoms with Gasteiger partial charge in [0.05, 0.1) is 13.2 Å². The van der Waals surface area contributed by atoms with Gasteiger partial charge in [0.15, 0.2) is 5.41 Å². The van der Waals surface area contributed by atoms with E-state index in [0.717, 1.165) is 5.56 Å². The predicted molar refractivity (Wildman–Crippen MR) is 73.9 cm³/mol. The molecule has 0 atom stereocenters. The van der Waals surface area contributed by atoms with Gasteiger partial charge >= 0.3 is 11.9 Å². The van der Waals surface area contributed by atoms with Gasteiger partial charge in [-0.05, 0) is 44.4 Å². The van der Waals surface area contributed by atoms with Crippen LogP contribution in [0.1, 0.15) is 32.8 Å². The lowest BCUT2D eigenvalue weighted by Gasteiger charge is -2.28. The summed E-state index contributed by atoms with van der Waals surface area (Å²) >= 11 is 0. The van der Waals surface area contributed by atoms with Crippen LogP contribution in [0.15, 0.2) is 24.5 Å². The number of rotatable bonds is 7. The first-order valence-corrected chi connectivity index (χ1v) is 6.84. The molecule has 5 nitrogen and oxygen atoms in total. The minimum absolute atomic E-state index is 0.232. The van der Waals surface area contributed by atoms with Gasteiger partial charge in [-0.15, -0.1) is 0 Å². The van der Waals surface area contributed by atoms with Crippen LogP contribution in [0.5, 0.6) is 0 Å². The molecule has 0 saturated heterocycles. The molecule has 0 aliphatic rings. The van der Waals surface area contributed by atoms with E-state index in [9.17, 15) is 9.59 Å². The van der Waals surface area contributed by atoms with E-state index in [1.165, 1.54) is 0 Å². The maximum absolute atomic E-state index is 12.3. The van der Waals surface area contributed by atoms with Crippen LogP contribution in [0.3, 0.4) is 0 Å². The minimum Gasteiger partial charge on any atom is -0.465 e. The first kappa shape index (κ1) is 16.1. The first-order valence-electron chi connectivity index (χ1n) is 6.84. The third-order valence-electron chi connectivity index (χ3n) is 3.19. The van der Waals surface area contributed by atoms with Gasteiger partial charge in [-0.3, -0.25) is 14.6 Å². The van der Waals surface area contributed by atoms with E-state index < -0.39 is 17.4 Å². The summed E-state index contributed by atoms with van der Waals surface area (Å²) in [5.74, 6) is -1.06. The molecular weight excluding hydrogens is 258 g/mol. The van der Waals surface area contributed by atoms with Crippen molar-refractivity contribution in [1.82, 2.24) is 4.98 Å². The zero-order chi connectivity index (χ0) is 15.0. The topological polar surface area (TPSA) is 65.5 Å². The second kappa shape index (κ2) is 7.62. The Bertz CT molecular complexity index is 426. The van der Waals surface area contributed by atoms with Gasteiger partial charge in [-0.25, -0.2) is 0 Å². The van der Waals surface area contributed by atoms with Crippen LogP contribution in [-0.4, -0.2) is 30.1 Å². The van der Waals surface area contributed by atoms with Crippen LogP contribution >= 0.6 is 0 Å². The van der Waals surface area contributed by atoms with Crippen LogP contribution < -0.4 is 0 Å². The van der Waals surface area contributed by atoms with Crippen LogP contribution in [0.25, 0.3) is 0 Å². The summed E-state index contributed by atoms with van der Waals surface area (Å²) in [5.41, 5.74) is -0.434. The monoisotopic (exact) mass is 279 g/mol. The summed E-state index contributed by atoms with van der Waals surface area (Å²) in [7, 11) is 0. The van der Waals surface area contributed by atoms with Gasteiger partial charge in [0.2, 0.25) is 0 Å². The highest BCUT2D eigenvalue weighted by Crippen LogP contribution is 2.31. The second-order valence-corrected chi connectivity index (χ2v) is 4.41. The SMILES string of the molecule is CCOC(=O)C(CC)(Cc1ccncc1)C(=O)OCC. The smallest absolute Gasteiger partial charge is 0.323 e. The van der Waals surface area contributed by atoms with Crippen molar-refractivity contribution in [2.75, 3.05) is 13.2 Å². The molecule has 0 aliphatic carbocycles. The van der Waals surface area contributed by atoms with Gasteiger partial charge in [-0.1, -0.05) is 6.92 Å². The van der Waals surface area contributed by atoms with E-state index in [2.05, 4.69) is 4.98 Å². The summed E-state index contributed by atoms with van der Waals surface area (Å²) in [6.07, 6.45) is 3.84. The maximum Gasteiger partial charge on any atom is 0.323 e. The number of pyridine rings is 1. The number of carbonyl (C=O) groups is 2. The molecule has 0 radical (unpaired) electrons. The summed E-state index contributed by atoms with van der Waals surface area (Å²) in [5, 5.41) is 0. The highest BCUT2D eigenvalue weighted by molar-refractivity contribution is 6.00. The van der Waals surface area contributed by atoms with Gasteiger partial charge in [0.25, 0.3) is 0 Å². The number of hydrogen-bond donors (Lipinski definition) is 0. The number of nitrogens with zero attached hydrogens (tertiary/aromatic N) is 1. The second-order valence-electron chi connectivity index (χ2n) is 4.41. The Balaban J connectivity index is 3.10. The van der Waals surface area contributed by atoms with E-state index in [1.807, 2.05) is 0 Å². The normalized spacial score (nSPS) is 10.9. The highest BCUT2D eigenvalue weighted by Gasteiger charge is 2.47. The van der Waals surface area contributed by atoms with Gasteiger partial charge in [-0.2, -0.15) is 0 Å². The van der Waals surface area contributed by atoms with Crippen molar-refractivity contribution in [2.24, 2.45) is 5.41 Å². The van der Waals surface area contributed by atoms with Crippen LogP contribution in [0, 0.1) is 5.41 Å². The Hall–Kier alpha value is -1.91. The molecule has 0 bridgehead atoms. The summed E-state index contributed by atoms with van der Waals surface area (Å²) in [4.78, 5) is 28.5. The Morgan fingerprint density at radius 1 is 1.05 bits per heavy atom. The summed E-state index contributed by atoms with van der Waals surface area (Å²) in [6, 6.07) is 3.56. The number of ether oxygens (including phenoxy) is 2. The molecule has 0 aliphatic heterocycles. The number of carbonyl (C=O) groups excluding carboxylic acids is 2. The first-order chi connectivity index (χ1) is 9.60. The van der Waals surface area contributed by atoms with Gasteiger partial charge in [0, 0.05) is 12.4 Å². The van der Waals surface area contributed by atoms with E-state index >= 15 is 0 Å². The molecule has 0 fully saturated rings. The van der Waals surface area contributed by atoms with Gasteiger partial charge < -0.3 is 9.47 Å². The largest absolute Gasteiger partial charge is 0.465 e. The molecule has 0 spiro atoms. The van der Waals surface area contributed by atoms with E-state index in [0.29, 0.717) is 6.42 Å². The average Bonchev–Trinajstić information content (AvgIpc) is 2.46. The molecule has 0 saturated carbocycles. The molecule has 5 heteroatoms. The fourth-order valence-corrected chi connectivity index (χ4v) is 2.03. The Morgan fingerprint density at radius 2 is 1.55 bits per heavy atom. The number of aromatic nitrogens is 1. The molecule has 0 amide bonds. The zero-order valence-corrected chi connectivity index (χ0v) is 12.2. The minimum atomic E-state index is -1.28. The van der Waals surface area contributed by atoms with Crippen molar-refractivity contribution in [3.63, 3.8) is 0 Å². The Morgan fingerprint density at radius 3 is 1.95 bits per heavy atom.